The largest absolute Gasteiger partial charge is 0.496 e. The molecule has 1 aliphatic heterocycles. The number of hydrogen-bond donors (Lipinski definition) is 1. The highest BCUT2D eigenvalue weighted by Crippen LogP contribution is 2.48. The number of nitrogens with zero attached hydrogens (tertiary/aromatic N) is 1. The summed E-state index contributed by atoms with van der Waals surface area (Å²) in [5.74, 6) is 1.22. The van der Waals surface area contributed by atoms with E-state index in [2.05, 4.69) is 5.32 Å². The molecule has 0 spiro atoms. The second-order valence-corrected chi connectivity index (χ2v) is 8.11. The number of furan rings is 1. The highest BCUT2D eigenvalue weighted by molar-refractivity contribution is 6.06. The van der Waals surface area contributed by atoms with Crippen LogP contribution in [0, 0.1) is 0 Å². The van der Waals surface area contributed by atoms with Gasteiger partial charge in [-0.15, -0.1) is 0 Å². The van der Waals surface area contributed by atoms with Gasteiger partial charge in [-0.25, -0.2) is 0 Å². The molecule has 2 heterocycles. The quantitative estimate of drug-likeness (QED) is 0.620. The van der Waals surface area contributed by atoms with Crippen LogP contribution in [0.15, 0.2) is 82.6 Å². The number of methoxy groups -OCH3 is 1. The summed E-state index contributed by atoms with van der Waals surface area (Å²) in [5.41, 5.74) is 3.72. The van der Waals surface area contributed by atoms with Crippen LogP contribution in [0.4, 0.5) is 11.4 Å². The van der Waals surface area contributed by atoms with Crippen molar-refractivity contribution in [3.8, 4) is 5.75 Å². The van der Waals surface area contributed by atoms with Crippen LogP contribution in [0.5, 0.6) is 5.75 Å². The molecule has 0 saturated carbocycles. The zero-order valence-corrected chi connectivity index (χ0v) is 18.0. The van der Waals surface area contributed by atoms with E-state index in [0.29, 0.717) is 24.2 Å². The maximum atomic E-state index is 13.7. The summed E-state index contributed by atoms with van der Waals surface area (Å²) in [6, 6.07) is 18.4. The summed E-state index contributed by atoms with van der Waals surface area (Å²) < 4.78 is 11.3. The van der Waals surface area contributed by atoms with Gasteiger partial charge >= 0.3 is 0 Å². The first-order valence-electron chi connectivity index (χ1n) is 10.7. The summed E-state index contributed by atoms with van der Waals surface area (Å²) in [5, 5.41) is 3.49. The predicted molar refractivity (Wildman–Crippen MR) is 122 cm³/mol. The van der Waals surface area contributed by atoms with Gasteiger partial charge in [-0.3, -0.25) is 14.5 Å². The van der Waals surface area contributed by atoms with Crippen molar-refractivity contribution in [3.63, 3.8) is 0 Å². The average molecular weight is 428 g/mol. The summed E-state index contributed by atoms with van der Waals surface area (Å²) in [6.45, 7) is 1.53. The molecule has 162 valence electrons. The van der Waals surface area contributed by atoms with Crippen molar-refractivity contribution in [1.82, 2.24) is 0 Å². The van der Waals surface area contributed by atoms with Crippen molar-refractivity contribution in [2.24, 2.45) is 0 Å². The number of allylic oxidation sites excluding steroid dienone is 1. The van der Waals surface area contributed by atoms with Crippen LogP contribution in [-0.4, -0.2) is 18.8 Å². The molecule has 0 unspecified atom stereocenters. The molecule has 0 radical (unpaired) electrons. The Labute approximate surface area is 186 Å². The molecule has 1 aromatic heterocycles. The Morgan fingerprint density at radius 3 is 2.59 bits per heavy atom. The van der Waals surface area contributed by atoms with Crippen LogP contribution in [0.25, 0.3) is 0 Å². The number of amides is 1. The first-order chi connectivity index (χ1) is 15.6. The third kappa shape index (κ3) is 3.28. The minimum Gasteiger partial charge on any atom is -0.496 e. The smallest absolute Gasteiger partial charge is 0.224 e. The van der Waals surface area contributed by atoms with Gasteiger partial charge in [-0.2, -0.15) is 0 Å². The van der Waals surface area contributed by atoms with Gasteiger partial charge in [0.05, 0.1) is 30.8 Å². The van der Waals surface area contributed by atoms with Crippen molar-refractivity contribution < 1.29 is 18.7 Å². The first-order valence-corrected chi connectivity index (χ1v) is 10.7. The number of rotatable bonds is 3. The lowest BCUT2D eigenvalue weighted by atomic mass is 9.80. The number of nitrogens with one attached hydrogen (secondary N) is 1. The maximum absolute atomic E-state index is 13.7. The fraction of sp³-hybridized carbons (Fsp3) is 0.231. The van der Waals surface area contributed by atoms with Gasteiger partial charge in [0, 0.05) is 36.1 Å². The van der Waals surface area contributed by atoms with Crippen molar-refractivity contribution >= 4 is 23.1 Å². The zero-order chi connectivity index (χ0) is 22.2. The van der Waals surface area contributed by atoms with Gasteiger partial charge in [0.2, 0.25) is 5.91 Å². The number of benzene rings is 2. The van der Waals surface area contributed by atoms with Gasteiger partial charge in [0.15, 0.2) is 5.78 Å². The van der Waals surface area contributed by atoms with Crippen LogP contribution in [0.1, 0.15) is 43.0 Å². The lowest BCUT2D eigenvalue weighted by Gasteiger charge is -2.34. The summed E-state index contributed by atoms with van der Waals surface area (Å²) >= 11 is 0. The standard InChI is InChI=1S/C26H24N2O4/c1-16(29)28-21-10-5-4-9-19(21)27-20-14-17(23-12-7-13-32-23)15-22(30)25(20)26(28)18-8-3-6-11-24(18)31-2/h3-13,17,26-27H,14-15H2,1-2H3/t17-,26-/m1/s1. The molecular weight excluding hydrogens is 404 g/mol. The van der Waals surface area contributed by atoms with E-state index in [9.17, 15) is 9.59 Å². The number of anilines is 2. The predicted octanol–water partition coefficient (Wildman–Crippen LogP) is 5.21. The summed E-state index contributed by atoms with van der Waals surface area (Å²) in [4.78, 5) is 28.4. The second kappa shape index (κ2) is 8.04. The summed E-state index contributed by atoms with van der Waals surface area (Å²) in [7, 11) is 1.60. The Morgan fingerprint density at radius 1 is 1.06 bits per heavy atom. The number of ketones is 1. The zero-order valence-electron chi connectivity index (χ0n) is 18.0. The van der Waals surface area contributed by atoms with Crippen molar-refractivity contribution in [1.29, 1.82) is 0 Å². The Hall–Kier alpha value is -3.80. The molecule has 0 bridgehead atoms. The average Bonchev–Trinajstić information content (AvgIpc) is 3.28. The molecule has 3 aromatic rings. The van der Waals surface area contributed by atoms with E-state index in [1.807, 2.05) is 60.7 Å². The molecule has 0 saturated heterocycles. The van der Waals surface area contributed by atoms with E-state index in [4.69, 9.17) is 9.15 Å². The number of para-hydroxylation sites is 3. The van der Waals surface area contributed by atoms with E-state index in [-0.39, 0.29) is 17.6 Å². The molecule has 1 aliphatic carbocycles. The molecule has 0 fully saturated rings. The molecule has 1 amide bonds. The summed E-state index contributed by atoms with van der Waals surface area (Å²) in [6.07, 6.45) is 2.57. The molecule has 2 aliphatic rings. The Morgan fingerprint density at radius 2 is 1.84 bits per heavy atom. The number of carbonyl (C=O) groups excluding carboxylic acids is 2. The maximum Gasteiger partial charge on any atom is 0.224 e. The second-order valence-electron chi connectivity index (χ2n) is 8.11. The van der Waals surface area contributed by atoms with Crippen LogP contribution in [0.2, 0.25) is 0 Å². The number of ether oxygens (including phenoxy) is 1. The molecule has 5 rings (SSSR count). The van der Waals surface area contributed by atoms with Crippen molar-refractivity contribution in [2.45, 2.75) is 31.7 Å². The molecule has 32 heavy (non-hydrogen) atoms. The van der Waals surface area contributed by atoms with Crippen molar-refractivity contribution in [3.05, 3.63) is 89.5 Å². The minimum absolute atomic E-state index is 0.00453. The van der Waals surface area contributed by atoms with E-state index < -0.39 is 6.04 Å². The third-order valence-corrected chi connectivity index (χ3v) is 6.21. The normalized spacial score (nSPS) is 20.2. The van der Waals surface area contributed by atoms with E-state index in [1.165, 1.54) is 6.92 Å². The highest BCUT2D eigenvalue weighted by atomic mass is 16.5. The molecule has 2 aromatic carbocycles. The number of fused-ring (bicyclic) bond motifs is 1. The lowest BCUT2D eigenvalue weighted by Crippen LogP contribution is -2.37. The monoisotopic (exact) mass is 428 g/mol. The van der Waals surface area contributed by atoms with Gasteiger partial charge in [0.25, 0.3) is 0 Å². The van der Waals surface area contributed by atoms with Gasteiger partial charge in [-0.05, 0) is 36.8 Å². The minimum atomic E-state index is -0.597. The Kier molecular flexibility index (Phi) is 5.05. The Bertz CT molecular complexity index is 1210. The number of Topliss-reactive ketones (excluding diaryl/α,β-unsaturated/α-hetero) is 1. The van der Waals surface area contributed by atoms with Crippen molar-refractivity contribution in [2.75, 3.05) is 17.3 Å². The van der Waals surface area contributed by atoms with Gasteiger partial charge in [0.1, 0.15) is 11.5 Å². The fourth-order valence-corrected chi connectivity index (χ4v) is 4.85. The molecule has 1 N–H and O–H groups in total. The van der Waals surface area contributed by atoms with E-state index in [0.717, 1.165) is 28.4 Å². The van der Waals surface area contributed by atoms with Gasteiger partial charge < -0.3 is 14.5 Å². The SMILES string of the molecule is COc1ccccc1[C@@H]1C2=C(C[C@@H](c3ccco3)CC2=O)Nc2ccccc2N1C(C)=O. The fourth-order valence-electron chi connectivity index (χ4n) is 4.85. The van der Waals surface area contributed by atoms with Gasteiger partial charge in [-0.1, -0.05) is 30.3 Å². The van der Waals surface area contributed by atoms with Crippen LogP contribution in [-0.2, 0) is 9.59 Å². The lowest BCUT2D eigenvalue weighted by molar-refractivity contribution is -0.117. The number of hydrogen-bond acceptors (Lipinski definition) is 5. The van der Waals surface area contributed by atoms with Crippen LogP contribution < -0.4 is 15.0 Å². The molecular formula is C26H24N2O4. The third-order valence-electron chi connectivity index (χ3n) is 6.21. The topological polar surface area (TPSA) is 71.8 Å². The Balaban J connectivity index is 1.75. The highest BCUT2D eigenvalue weighted by Gasteiger charge is 2.42. The molecule has 6 nitrogen and oxygen atoms in total. The first kappa shape index (κ1) is 20.1. The van der Waals surface area contributed by atoms with E-state index >= 15 is 0 Å². The molecule has 6 heteroatoms. The molecule has 2 atom stereocenters. The van der Waals surface area contributed by atoms with Crippen LogP contribution in [0.3, 0.4) is 0 Å². The van der Waals surface area contributed by atoms with Crippen LogP contribution >= 0.6 is 0 Å². The van der Waals surface area contributed by atoms with E-state index in [1.54, 1.807) is 18.3 Å². The number of carbonyl (C=O) groups is 2.